The molecule has 0 saturated heterocycles. The fraction of sp³-hybridized carbons (Fsp3) is 0. The van der Waals surface area contributed by atoms with E-state index in [9.17, 15) is 0 Å². The summed E-state index contributed by atoms with van der Waals surface area (Å²) >= 11 is 5.75. The number of anilines is 1. The van der Waals surface area contributed by atoms with Crippen molar-refractivity contribution in [2.24, 2.45) is 0 Å². The number of rotatable bonds is 1. The summed E-state index contributed by atoms with van der Waals surface area (Å²) < 4.78 is 0. The van der Waals surface area contributed by atoms with Crippen molar-refractivity contribution in [2.45, 2.75) is 0 Å². The summed E-state index contributed by atoms with van der Waals surface area (Å²) in [4.78, 5) is 1.45. The predicted octanol–water partition coefficient (Wildman–Crippen LogP) is 1.50. The van der Waals surface area contributed by atoms with E-state index in [1.54, 1.807) is 30.6 Å². The van der Waals surface area contributed by atoms with Gasteiger partial charge in [-0.15, -0.1) is 4.80 Å². The third kappa shape index (κ3) is 1.48. The molecule has 0 atom stereocenters. The molecule has 0 saturated carbocycles. The normalized spacial score (nSPS) is 10.2. The molecule has 1 heterocycles. The van der Waals surface area contributed by atoms with Crippen LogP contribution in [0.1, 0.15) is 0 Å². The highest BCUT2D eigenvalue weighted by atomic mass is 35.5. The molecule has 2 N–H and O–H groups in total. The van der Waals surface area contributed by atoms with E-state index < -0.39 is 0 Å². The Bertz CT molecular complexity index is 410. The van der Waals surface area contributed by atoms with E-state index in [1.807, 2.05) is 0 Å². The number of aromatic nitrogens is 3. The first kappa shape index (κ1) is 8.07. The summed E-state index contributed by atoms with van der Waals surface area (Å²) in [6, 6.07) is 5.19. The zero-order valence-corrected chi connectivity index (χ0v) is 7.44. The van der Waals surface area contributed by atoms with E-state index >= 15 is 0 Å². The van der Waals surface area contributed by atoms with Gasteiger partial charge in [0.05, 0.1) is 18.1 Å². The van der Waals surface area contributed by atoms with Crippen LogP contribution >= 0.6 is 11.6 Å². The maximum absolute atomic E-state index is 5.75. The van der Waals surface area contributed by atoms with E-state index in [-0.39, 0.29) is 0 Å². The van der Waals surface area contributed by atoms with Gasteiger partial charge in [0.2, 0.25) is 0 Å². The van der Waals surface area contributed by atoms with E-state index in [0.29, 0.717) is 10.7 Å². The molecule has 1 aromatic heterocycles. The molecular formula is C8H7ClN4. The van der Waals surface area contributed by atoms with E-state index in [2.05, 4.69) is 10.2 Å². The zero-order valence-electron chi connectivity index (χ0n) is 6.68. The van der Waals surface area contributed by atoms with Crippen LogP contribution in [0.2, 0.25) is 5.02 Å². The molecule has 0 unspecified atom stereocenters. The van der Waals surface area contributed by atoms with Gasteiger partial charge in [0.1, 0.15) is 5.69 Å². The van der Waals surface area contributed by atoms with E-state index in [0.717, 1.165) is 5.69 Å². The van der Waals surface area contributed by atoms with Crippen molar-refractivity contribution in [1.29, 1.82) is 0 Å². The van der Waals surface area contributed by atoms with Crippen LogP contribution in [0.3, 0.4) is 0 Å². The molecule has 13 heavy (non-hydrogen) atoms. The minimum atomic E-state index is 0.559. The number of hydrogen-bond acceptors (Lipinski definition) is 3. The fourth-order valence-electron chi connectivity index (χ4n) is 1.05. The molecule has 2 aromatic rings. The van der Waals surface area contributed by atoms with Gasteiger partial charge in [-0.1, -0.05) is 11.6 Å². The van der Waals surface area contributed by atoms with E-state index in [4.69, 9.17) is 17.3 Å². The predicted molar refractivity (Wildman–Crippen MR) is 50.8 cm³/mol. The van der Waals surface area contributed by atoms with Crippen LogP contribution < -0.4 is 5.73 Å². The van der Waals surface area contributed by atoms with Crippen molar-refractivity contribution < 1.29 is 0 Å². The minimum Gasteiger partial charge on any atom is -0.397 e. The second-order valence-corrected chi connectivity index (χ2v) is 2.96. The molecule has 0 aliphatic heterocycles. The van der Waals surface area contributed by atoms with Gasteiger partial charge >= 0.3 is 0 Å². The van der Waals surface area contributed by atoms with Crippen LogP contribution in [-0.4, -0.2) is 15.0 Å². The smallest absolute Gasteiger partial charge is 0.109 e. The molecular weight excluding hydrogens is 188 g/mol. The molecule has 0 amide bonds. The van der Waals surface area contributed by atoms with Crippen LogP contribution in [0.15, 0.2) is 30.6 Å². The van der Waals surface area contributed by atoms with Crippen molar-refractivity contribution in [2.75, 3.05) is 5.73 Å². The maximum atomic E-state index is 5.75. The van der Waals surface area contributed by atoms with E-state index in [1.165, 1.54) is 4.80 Å². The number of benzene rings is 1. The van der Waals surface area contributed by atoms with Crippen molar-refractivity contribution in [1.82, 2.24) is 15.0 Å². The Morgan fingerprint density at radius 1 is 1.23 bits per heavy atom. The van der Waals surface area contributed by atoms with Gasteiger partial charge in [0.25, 0.3) is 0 Å². The third-order valence-corrected chi connectivity index (χ3v) is 1.86. The SMILES string of the molecule is Nc1cc(Cl)ccc1-n1nccn1. The van der Waals surface area contributed by atoms with Gasteiger partial charge in [-0.3, -0.25) is 0 Å². The quantitative estimate of drug-likeness (QED) is 0.700. The molecule has 0 aliphatic rings. The average Bonchev–Trinajstić information content (AvgIpc) is 2.56. The summed E-state index contributed by atoms with van der Waals surface area (Å²) in [5, 5.41) is 8.52. The molecule has 1 aromatic carbocycles. The molecule has 2 rings (SSSR count). The Morgan fingerprint density at radius 2 is 1.92 bits per heavy atom. The van der Waals surface area contributed by atoms with Gasteiger partial charge in [0, 0.05) is 5.02 Å². The zero-order chi connectivity index (χ0) is 9.26. The molecule has 5 heteroatoms. The number of nitrogens with two attached hydrogens (primary N) is 1. The molecule has 0 radical (unpaired) electrons. The molecule has 66 valence electrons. The third-order valence-electron chi connectivity index (χ3n) is 1.62. The van der Waals surface area contributed by atoms with Crippen LogP contribution in [0.4, 0.5) is 5.69 Å². The highest BCUT2D eigenvalue weighted by molar-refractivity contribution is 6.30. The number of hydrogen-bond donors (Lipinski definition) is 1. The van der Waals surface area contributed by atoms with Crippen LogP contribution in [0, 0.1) is 0 Å². The Labute approximate surface area is 79.9 Å². The summed E-state index contributed by atoms with van der Waals surface area (Å²) in [5.74, 6) is 0. The van der Waals surface area contributed by atoms with Gasteiger partial charge in [0.15, 0.2) is 0 Å². The van der Waals surface area contributed by atoms with Crippen molar-refractivity contribution in [3.05, 3.63) is 35.6 Å². The minimum absolute atomic E-state index is 0.559. The lowest BCUT2D eigenvalue weighted by atomic mass is 10.3. The molecule has 0 aliphatic carbocycles. The average molecular weight is 195 g/mol. The largest absolute Gasteiger partial charge is 0.397 e. The van der Waals surface area contributed by atoms with Gasteiger partial charge in [-0.2, -0.15) is 10.2 Å². The molecule has 0 fully saturated rings. The Morgan fingerprint density at radius 3 is 2.54 bits per heavy atom. The van der Waals surface area contributed by atoms with Crippen molar-refractivity contribution in [3.63, 3.8) is 0 Å². The maximum Gasteiger partial charge on any atom is 0.109 e. The highest BCUT2D eigenvalue weighted by Crippen LogP contribution is 2.19. The highest BCUT2D eigenvalue weighted by Gasteiger charge is 2.02. The summed E-state index contributed by atoms with van der Waals surface area (Å²) in [6.45, 7) is 0. The first-order valence-electron chi connectivity index (χ1n) is 3.69. The molecule has 0 spiro atoms. The summed E-state index contributed by atoms with van der Waals surface area (Å²) in [7, 11) is 0. The Balaban J connectivity index is 2.53. The monoisotopic (exact) mass is 194 g/mol. The summed E-state index contributed by atoms with van der Waals surface area (Å²) in [5.41, 5.74) is 7.02. The van der Waals surface area contributed by atoms with Crippen molar-refractivity contribution >= 4 is 17.3 Å². The number of nitrogens with zero attached hydrogens (tertiary/aromatic N) is 3. The standard InChI is InChI=1S/C8H7ClN4/c9-6-1-2-8(7(10)5-6)13-11-3-4-12-13/h1-5H,10H2. The van der Waals surface area contributed by atoms with Gasteiger partial charge in [-0.25, -0.2) is 0 Å². The lowest BCUT2D eigenvalue weighted by molar-refractivity contribution is 0.754. The first-order valence-corrected chi connectivity index (χ1v) is 4.07. The number of halogens is 1. The lowest BCUT2D eigenvalue weighted by Crippen LogP contribution is -2.02. The second kappa shape index (κ2) is 3.06. The topological polar surface area (TPSA) is 56.7 Å². The fourth-order valence-corrected chi connectivity index (χ4v) is 1.23. The Hall–Kier alpha value is -1.55. The summed E-state index contributed by atoms with van der Waals surface area (Å²) in [6.07, 6.45) is 3.18. The lowest BCUT2D eigenvalue weighted by Gasteiger charge is -2.03. The number of nitrogen functional groups attached to an aromatic ring is 1. The van der Waals surface area contributed by atoms with Crippen molar-refractivity contribution in [3.8, 4) is 5.69 Å². The van der Waals surface area contributed by atoms with Gasteiger partial charge in [-0.05, 0) is 18.2 Å². The second-order valence-electron chi connectivity index (χ2n) is 2.52. The first-order chi connectivity index (χ1) is 6.27. The Kier molecular flexibility index (Phi) is 1.90. The van der Waals surface area contributed by atoms with Crippen LogP contribution in [-0.2, 0) is 0 Å². The van der Waals surface area contributed by atoms with Crippen LogP contribution in [0.5, 0.6) is 0 Å². The van der Waals surface area contributed by atoms with Gasteiger partial charge < -0.3 is 5.73 Å². The molecule has 4 nitrogen and oxygen atoms in total. The molecule has 0 bridgehead atoms. The van der Waals surface area contributed by atoms with Crippen LogP contribution in [0.25, 0.3) is 5.69 Å².